The second-order valence-electron chi connectivity index (χ2n) is 12.5. The van der Waals surface area contributed by atoms with Gasteiger partial charge in [-0.15, -0.1) is 5.10 Å². The summed E-state index contributed by atoms with van der Waals surface area (Å²) in [6.07, 6.45) is 6.16. The highest BCUT2D eigenvalue weighted by Crippen LogP contribution is 2.43. The molecule has 4 heterocycles. The lowest BCUT2D eigenvalue weighted by atomic mass is 9.87. The van der Waals surface area contributed by atoms with E-state index in [-0.39, 0.29) is 35.7 Å². The van der Waals surface area contributed by atoms with Crippen LogP contribution < -0.4 is 9.64 Å². The smallest absolute Gasteiger partial charge is 0.274 e. The maximum Gasteiger partial charge on any atom is 0.274 e. The molecule has 2 aromatic heterocycles. The number of carbonyl (C=O) groups is 2. The van der Waals surface area contributed by atoms with E-state index in [4.69, 9.17) is 4.74 Å². The molecule has 0 atom stereocenters. The molecule has 0 radical (unpaired) electrons. The maximum absolute atomic E-state index is 16.7. The van der Waals surface area contributed by atoms with Crippen LogP contribution in [0.2, 0.25) is 0 Å². The summed E-state index contributed by atoms with van der Waals surface area (Å²) >= 11 is 0. The van der Waals surface area contributed by atoms with Crippen LogP contribution in [0.3, 0.4) is 0 Å². The third kappa shape index (κ3) is 5.13. The molecule has 0 saturated carbocycles. The molecular weight excluding hydrogens is 583 g/mol. The molecule has 1 N–H and O–H groups in total. The Morgan fingerprint density at radius 1 is 1.04 bits per heavy atom. The van der Waals surface area contributed by atoms with Crippen LogP contribution in [-0.4, -0.2) is 63.4 Å². The lowest BCUT2D eigenvalue weighted by Crippen LogP contribution is -2.36. The second-order valence-corrected chi connectivity index (χ2v) is 12.5. The number of aromatic nitrogens is 4. The van der Waals surface area contributed by atoms with Gasteiger partial charge in [-0.2, -0.15) is 0 Å². The number of H-pyrrole nitrogens is 1. The number of methoxy groups -OCH3 is 1. The molecule has 46 heavy (non-hydrogen) atoms. The van der Waals surface area contributed by atoms with Gasteiger partial charge in [0.25, 0.3) is 5.91 Å². The van der Waals surface area contributed by atoms with Crippen molar-refractivity contribution in [3.05, 3.63) is 102 Å². The van der Waals surface area contributed by atoms with E-state index in [0.29, 0.717) is 54.0 Å². The molecule has 3 aromatic carbocycles. The normalized spacial score (nSPS) is 15.6. The molecule has 5 aromatic rings. The number of aromatic amines is 1. The van der Waals surface area contributed by atoms with Crippen LogP contribution in [-0.2, 0) is 16.8 Å². The first kappa shape index (κ1) is 29.5. The fourth-order valence-electron chi connectivity index (χ4n) is 6.74. The molecule has 0 aliphatic carbocycles. The molecule has 7 rings (SSSR count). The molecular formula is C36H35FN6O3. The largest absolute Gasteiger partial charge is 0.496 e. The van der Waals surface area contributed by atoms with Gasteiger partial charge in [0, 0.05) is 59.9 Å². The first-order chi connectivity index (χ1) is 22.2. The Labute approximate surface area is 266 Å². The minimum absolute atomic E-state index is 0.0332. The number of anilines is 1. The van der Waals surface area contributed by atoms with Crippen molar-refractivity contribution >= 4 is 34.0 Å². The van der Waals surface area contributed by atoms with Crippen molar-refractivity contribution in [1.82, 2.24) is 24.9 Å². The number of aryl methyl sites for hydroxylation is 1. The molecule has 2 aliphatic rings. The van der Waals surface area contributed by atoms with E-state index < -0.39 is 5.82 Å². The summed E-state index contributed by atoms with van der Waals surface area (Å²) in [6.45, 7) is 6.01. The molecule has 0 spiro atoms. The Balaban J connectivity index is 1.29. The molecule has 9 nitrogen and oxygen atoms in total. The Hall–Kier alpha value is -5.25. The zero-order valence-corrected chi connectivity index (χ0v) is 26.1. The fourth-order valence-corrected chi connectivity index (χ4v) is 6.74. The summed E-state index contributed by atoms with van der Waals surface area (Å²) in [5.74, 6) is -0.0810. The number of carbonyl (C=O) groups excluding carboxylic acids is 2. The first-order valence-corrected chi connectivity index (χ1v) is 15.5. The van der Waals surface area contributed by atoms with Gasteiger partial charge in [-0.1, -0.05) is 61.5 Å². The molecule has 2 aliphatic heterocycles. The van der Waals surface area contributed by atoms with Gasteiger partial charge in [0.15, 0.2) is 5.82 Å². The predicted molar refractivity (Wildman–Crippen MR) is 175 cm³/mol. The van der Waals surface area contributed by atoms with Gasteiger partial charge in [-0.05, 0) is 47.4 Å². The van der Waals surface area contributed by atoms with E-state index >= 15 is 4.39 Å². The number of ether oxygens (including phenoxy) is 1. The van der Waals surface area contributed by atoms with Crippen molar-refractivity contribution in [2.24, 2.45) is 0 Å². The van der Waals surface area contributed by atoms with Crippen LogP contribution >= 0.6 is 0 Å². The summed E-state index contributed by atoms with van der Waals surface area (Å²) in [5.41, 5.74) is 4.91. The molecule has 0 saturated heterocycles. The van der Waals surface area contributed by atoms with Crippen molar-refractivity contribution in [3.8, 4) is 16.9 Å². The van der Waals surface area contributed by atoms with E-state index in [1.54, 1.807) is 40.1 Å². The van der Waals surface area contributed by atoms with Gasteiger partial charge in [-0.3, -0.25) is 14.3 Å². The third-order valence-electron chi connectivity index (χ3n) is 9.08. The summed E-state index contributed by atoms with van der Waals surface area (Å²) in [4.78, 5) is 33.9. The Morgan fingerprint density at radius 2 is 1.85 bits per heavy atom. The van der Waals surface area contributed by atoms with Crippen molar-refractivity contribution in [2.75, 3.05) is 31.6 Å². The number of nitrogens with zero attached hydrogens (tertiary/aromatic N) is 5. The highest BCUT2D eigenvalue weighted by atomic mass is 19.1. The monoisotopic (exact) mass is 618 g/mol. The zero-order chi connectivity index (χ0) is 32.0. The number of amides is 2. The van der Waals surface area contributed by atoms with E-state index in [0.717, 1.165) is 22.4 Å². The molecule has 0 bridgehead atoms. The number of para-hydroxylation sites is 2. The summed E-state index contributed by atoms with van der Waals surface area (Å²) in [5, 5.41) is 8.32. The van der Waals surface area contributed by atoms with Gasteiger partial charge in [0.05, 0.1) is 25.4 Å². The minimum Gasteiger partial charge on any atom is -0.496 e. The minimum atomic E-state index is -0.460. The molecule has 10 heteroatoms. The Morgan fingerprint density at radius 3 is 2.65 bits per heavy atom. The SMILES string of the molecule is COc1ccccc1-c1cc(C2=CCCN(C(=O)CCn3ccnn3)C2)c(F)c2[nH]c(C(=O)N3CC(C)(C)c4ccccc43)cc12. The van der Waals surface area contributed by atoms with E-state index in [1.807, 2.05) is 54.6 Å². The van der Waals surface area contributed by atoms with E-state index in [1.165, 1.54) is 0 Å². The standard InChI is InChI=1S/C36H35FN6O3/c1-36(2)22-43(30-12-6-5-11-28(30)36)35(45)29-20-27-26(24-10-4-7-13-31(24)46-3)19-25(33(37)34(27)39-29)23-9-8-16-41(21-23)32(44)14-17-42-18-15-38-40-42/h4-7,9-13,15,18-20,39H,8,14,16-17,21-22H2,1-3H3. The predicted octanol–water partition coefficient (Wildman–Crippen LogP) is 6.22. The number of benzene rings is 3. The molecule has 0 fully saturated rings. The fraction of sp³-hybridized carbons (Fsp3) is 0.278. The van der Waals surface area contributed by atoms with Crippen LogP contribution in [0.15, 0.2) is 79.1 Å². The van der Waals surface area contributed by atoms with Crippen LogP contribution in [0.25, 0.3) is 27.6 Å². The third-order valence-corrected chi connectivity index (χ3v) is 9.08. The topological polar surface area (TPSA) is 96.3 Å². The Kier molecular flexibility index (Phi) is 7.43. The quantitative estimate of drug-likeness (QED) is 0.234. The molecule has 2 amide bonds. The second kappa shape index (κ2) is 11.6. The first-order valence-electron chi connectivity index (χ1n) is 15.5. The van der Waals surface area contributed by atoms with Crippen LogP contribution in [0, 0.1) is 5.82 Å². The number of nitrogens with one attached hydrogen (secondary N) is 1. The number of rotatable bonds is 7. The van der Waals surface area contributed by atoms with Gasteiger partial charge in [0.1, 0.15) is 11.4 Å². The maximum atomic E-state index is 16.7. The number of hydrogen-bond donors (Lipinski definition) is 1. The van der Waals surface area contributed by atoms with Crippen LogP contribution in [0.4, 0.5) is 10.1 Å². The Bertz CT molecular complexity index is 1990. The zero-order valence-electron chi connectivity index (χ0n) is 26.1. The van der Waals surface area contributed by atoms with Gasteiger partial charge in [0.2, 0.25) is 5.91 Å². The summed E-state index contributed by atoms with van der Waals surface area (Å²) in [6, 6.07) is 19.1. The van der Waals surface area contributed by atoms with Crippen molar-refractivity contribution < 1.29 is 18.7 Å². The van der Waals surface area contributed by atoms with Crippen molar-refractivity contribution in [2.45, 2.75) is 38.6 Å². The molecule has 0 unspecified atom stereocenters. The lowest BCUT2D eigenvalue weighted by molar-refractivity contribution is -0.131. The number of hydrogen-bond acceptors (Lipinski definition) is 5. The summed E-state index contributed by atoms with van der Waals surface area (Å²) < 4.78 is 24.0. The lowest BCUT2D eigenvalue weighted by Gasteiger charge is -2.28. The number of halogens is 1. The molecule has 234 valence electrons. The average Bonchev–Trinajstić information content (AvgIpc) is 3.83. The highest BCUT2D eigenvalue weighted by molar-refractivity contribution is 6.11. The number of fused-ring (bicyclic) bond motifs is 2. The van der Waals surface area contributed by atoms with Gasteiger partial charge < -0.3 is 19.5 Å². The average molecular weight is 619 g/mol. The van der Waals surface area contributed by atoms with Crippen LogP contribution in [0.1, 0.15) is 48.3 Å². The van der Waals surface area contributed by atoms with Crippen molar-refractivity contribution in [1.29, 1.82) is 0 Å². The van der Waals surface area contributed by atoms with E-state index in [9.17, 15) is 9.59 Å². The van der Waals surface area contributed by atoms with Crippen LogP contribution in [0.5, 0.6) is 5.75 Å². The van der Waals surface area contributed by atoms with Gasteiger partial charge >= 0.3 is 0 Å². The van der Waals surface area contributed by atoms with Gasteiger partial charge in [-0.25, -0.2) is 4.39 Å². The highest BCUT2D eigenvalue weighted by Gasteiger charge is 2.38. The summed E-state index contributed by atoms with van der Waals surface area (Å²) in [7, 11) is 1.60. The van der Waals surface area contributed by atoms with E-state index in [2.05, 4.69) is 35.2 Å². The van der Waals surface area contributed by atoms with Crippen molar-refractivity contribution in [3.63, 3.8) is 0 Å².